The average Bonchev–Trinajstić information content (AvgIpc) is 2.43. The van der Waals surface area contributed by atoms with E-state index < -0.39 is 0 Å². The predicted octanol–water partition coefficient (Wildman–Crippen LogP) is 2.16. The number of ether oxygens (including phenoxy) is 2. The van der Waals surface area contributed by atoms with Gasteiger partial charge in [0.05, 0.1) is 0 Å². The molecule has 0 atom stereocenters. The van der Waals surface area contributed by atoms with E-state index in [1.807, 2.05) is 6.07 Å². The quantitative estimate of drug-likeness (QED) is 0.620. The van der Waals surface area contributed by atoms with Crippen LogP contribution in [0.4, 0.5) is 0 Å². The van der Waals surface area contributed by atoms with E-state index in [9.17, 15) is 4.79 Å². The monoisotopic (exact) mass is 249 g/mol. The molecular formula is C14H19NO3. The Hall–Kier alpha value is -1.55. The Morgan fingerprint density at radius 2 is 1.89 bits per heavy atom. The molecule has 4 nitrogen and oxygen atoms in total. The summed E-state index contributed by atoms with van der Waals surface area (Å²) in [5.41, 5.74) is 6.12. The zero-order valence-electron chi connectivity index (χ0n) is 10.5. The average molecular weight is 249 g/mol. The van der Waals surface area contributed by atoms with Gasteiger partial charge in [-0.1, -0.05) is 6.42 Å². The summed E-state index contributed by atoms with van der Waals surface area (Å²) >= 11 is 0. The second-order valence-electron chi connectivity index (χ2n) is 4.38. The lowest BCUT2D eigenvalue weighted by Gasteiger charge is -2.18. The fourth-order valence-corrected chi connectivity index (χ4v) is 1.97. The molecule has 0 radical (unpaired) electrons. The van der Waals surface area contributed by atoms with Crippen LogP contribution in [-0.2, 0) is 0 Å². The zero-order valence-corrected chi connectivity index (χ0v) is 10.5. The molecule has 0 aliphatic carbocycles. The number of Topliss-reactive ketones (excluding diaryl/α,β-unsaturated/α-hetero) is 1. The molecule has 0 aromatic heterocycles. The maximum Gasteiger partial charge on any atom is 0.163 e. The Balaban J connectivity index is 1.94. The van der Waals surface area contributed by atoms with Crippen molar-refractivity contribution in [3.05, 3.63) is 23.8 Å². The van der Waals surface area contributed by atoms with Gasteiger partial charge >= 0.3 is 0 Å². The van der Waals surface area contributed by atoms with Crippen molar-refractivity contribution in [3.63, 3.8) is 0 Å². The fraction of sp³-hybridized carbons (Fsp3) is 0.500. The molecule has 1 aliphatic rings. The SMILES string of the molecule is NCCCCCC(=O)c1ccc2c(c1)OCCO2. The Bertz CT molecular complexity index is 418. The molecule has 0 saturated carbocycles. The molecule has 1 aromatic rings. The summed E-state index contributed by atoms with van der Waals surface area (Å²) in [5, 5.41) is 0. The highest BCUT2D eigenvalue weighted by molar-refractivity contribution is 5.96. The van der Waals surface area contributed by atoms with Gasteiger partial charge in [0.25, 0.3) is 0 Å². The second kappa shape index (κ2) is 6.40. The molecule has 0 saturated heterocycles. The van der Waals surface area contributed by atoms with E-state index in [1.54, 1.807) is 12.1 Å². The zero-order chi connectivity index (χ0) is 12.8. The molecule has 0 unspecified atom stereocenters. The van der Waals surface area contributed by atoms with E-state index in [-0.39, 0.29) is 5.78 Å². The topological polar surface area (TPSA) is 61.6 Å². The Labute approximate surface area is 107 Å². The van der Waals surface area contributed by atoms with Gasteiger partial charge in [-0.2, -0.15) is 0 Å². The van der Waals surface area contributed by atoms with Gasteiger partial charge in [0, 0.05) is 12.0 Å². The molecular weight excluding hydrogens is 230 g/mol. The highest BCUT2D eigenvalue weighted by Gasteiger charge is 2.14. The van der Waals surface area contributed by atoms with Crippen LogP contribution in [0, 0.1) is 0 Å². The first-order valence-corrected chi connectivity index (χ1v) is 6.44. The predicted molar refractivity (Wildman–Crippen MR) is 69.3 cm³/mol. The van der Waals surface area contributed by atoms with E-state index in [2.05, 4.69) is 0 Å². The highest BCUT2D eigenvalue weighted by Crippen LogP contribution is 2.31. The minimum absolute atomic E-state index is 0.156. The van der Waals surface area contributed by atoms with Crippen molar-refractivity contribution in [2.75, 3.05) is 19.8 Å². The van der Waals surface area contributed by atoms with Crippen molar-refractivity contribution in [1.82, 2.24) is 0 Å². The maximum atomic E-state index is 12.0. The van der Waals surface area contributed by atoms with Gasteiger partial charge in [-0.25, -0.2) is 0 Å². The first-order valence-electron chi connectivity index (χ1n) is 6.44. The molecule has 2 rings (SSSR count). The molecule has 1 aliphatic heterocycles. The van der Waals surface area contributed by atoms with Gasteiger partial charge in [0.2, 0.25) is 0 Å². The highest BCUT2D eigenvalue weighted by atomic mass is 16.6. The number of hydrogen-bond donors (Lipinski definition) is 1. The van der Waals surface area contributed by atoms with Gasteiger partial charge in [0.1, 0.15) is 13.2 Å². The van der Waals surface area contributed by atoms with Crippen LogP contribution in [0.3, 0.4) is 0 Å². The summed E-state index contributed by atoms with van der Waals surface area (Å²) < 4.78 is 10.9. The van der Waals surface area contributed by atoms with E-state index in [0.717, 1.165) is 25.0 Å². The number of carbonyl (C=O) groups excluding carboxylic acids is 1. The molecule has 4 heteroatoms. The standard InChI is InChI=1S/C14H19NO3/c15-7-3-1-2-4-12(16)11-5-6-13-14(10-11)18-9-8-17-13/h5-6,10H,1-4,7-9,15H2. The van der Waals surface area contributed by atoms with E-state index in [0.29, 0.717) is 37.5 Å². The number of benzene rings is 1. The summed E-state index contributed by atoms with van der Waals surface area (Å²) in [6.07, 6.45) is 3.45. The number of fused-ring (bicyclic) bond motifs is 1. The summed E-state index contributed by atoms with van der Waals surface area (Å²) in [6, 6.07) is 5.39. The molecule has 2 N–H and O–H groups in total. The van der Waals surface area contributed by atoms with E-state index in [4.69, 9.17) is 15.2 Å². The van der Waals surface area contributed by atoms with Crippen molar-refractivity contribution in [2.45, 2.75) is 25.7 Å². The van der Waals surface area contributed by atoms with Crippen molar-refractivity contribution in [2.24, 2.45) is 5.73 Å². The molecule has 0 amide bonds. The largest absolute Gasteiger partial charge is 0.486 e. The Morgan fingerprint density at radius 3 is 2.67 bits per heavy atom. The van der Waals surface area contributed by atoms with Gasteiger partial charge in [0.15, 0.2) is 17.3 Å². The summed E-state index contributed by atoms with van der Waals surface area (Å²) in [6.45, 7) is 1.80. The maximum absolute atomic E-state index is 12.0. The molecule has 0 fully saturated rings. The van der Waals surface area contributed by atoms with Crippen molar-refractivity contribution < 1.29 is 14.3 Å². The third-order valence-electron chi connectivity index (χ3n) is 2.97. The normalized spacial score (nSPS) is 13.4. The first kappa shape index (κ1) is 12.9. The third-order valence-corrected chi connectivity index (χ3v) is 2.97. The molecule has 18 heavy (non-hydrogen) atoms. The first-order chi connectivity index (χ1) is 8.81. The van der Waals surface area contributed by atoms with E-state index in [1.165, 1.54) is 0 Å². The fourth-order valence-electron chi connectivity index (χ4n) is 1.97. The smallest absolute Gasteiger partial charge is 0.163 e. The van der Waals surface area contributed by atoms with Crippen LogP contribution < -0.4 is 15.2 Å². The molecule has 98 valence electrons. The van der Waals surface area contributed by atoms with Crippen molar-refractivity contribution >= 4 is 5.78 Å². The van der Waals surface area contributed by atoms with Crippen LogP contribution in [-0.4, -0.2) is 25.5 Å². The number of hydrogen-bond acceptors (Lipinski definition) is 4. The summed E-state index contributed by atoms with van der Waals surface area (Å²) in [5.74, 6) is 1.55. The molecule has 1 heterocycles. The minimum Gasteiger partial charge on any atom is -0.486 e. The van der Waals surface area contributed by atoms with Crippen LogP contribution >= 0.6 is 0 Å². The lowest BCUT2D eigenvalue weighted by atomic mass is 10.0. The van der Waals surface area contributed by atoms with Crippen LogP contribution in [0.25, 0.3) is 0 Å². The number of rotatable bonds is 6. The van der Waals surface area contributed by atoms with E-state index >= 15 is 0 Å². The van der Waals surface area contributed by atoms with Crippen LogP contribution in [0.15, 0.2) is 18.2 Å². The number of nitrogens with two attached hydrogens (primary N) is 1. The lowest BCUT2D eigenvalue weighted by Crippen LogP contribution is -2.15. The third kappa shape index (κ3) is 3.23. The second-order valence-corrected chi connectivity index (χ2v) is 4.38. The Morgan fingerprint density at radius 1 is 1.11 bits per heavy atom. The molecule has 1 aromatic carbocycles. The molecule has 0 bridgehead atoms. The van der Waals surface area contributed by atoms with Gasteiger partial charge < -0.3 is 15.2 Å². The number of unbranched alkanes of at least 4 members (excludes halogenated alkanes) is 2. The molecule has 0 spiro atoms. The minimum atomic E-state index is 0.156. The van der Waals surface area contributed by atoms with Crippen LogP contribution in [0.2, 0.25) is 0 Å². The van der Waals surface area contributed by atoms with Crippen molar-refractivity contribution in [1.29, 1.82) is 0 Å². The van der Waals surface area contributed by atoms with Crippen LogP contribution in [0.1, 0.15) is 36.0 Å². The van der Waals surface area contributed by atoms with Crippen LogP contribution in [0.5, 0.6) is 11.5 Å². The Kier molecular flexibility index (Phi) is 4.59. The summed E-state index contributed by atoms with van der Waals surface area (Å²) in [4.78, 5) is 12.0. The lowest BCUT2D eigenvalue weighted by molar-refractivity contribution is 0.0978. The summed E-state index contributed by atoms with van der Waals surface area (Å²) in [7, 11) is 0. The van der Waals surface area contributed by atoms with Gasteiger partial charge in [-0.3, -0.25) is 4.79 Å². The van der Waals surface area contributed by atoms with Crippen molar-refractivity contribution in [3.8, 4) is 11.5 Å². The number of carbonyl (C=O) groups is 1. The number of ketones is 1. The van der Waals surface area contributed by atoms with Gasteiger partial charge in [-0.05, 0) is 37.6 Å². The van der Waals surface area contributed by atoms with Gasteiger partial charge in [-0.15, -0.1) is 0 Å².